The Labute approximate surface area is 149 Å². The monoisotopic (exact) mass is 338 g/mol. The highest BCUT2D eigenvalue weighted by atomic mass is 16.5. The van der Waals surface area contributed by atoms with Gasteiger partial charge in [0.1, 0.15) is 24.3 Å². The molecule has 4 heteroatoms. The number of ether oxygens (including phenoxy) is 1. The predicted octanol–water partition coefficient (Wildman–Crippen LogP) is 4.35. The summed E-state index contributed by atoms with van der Waals surface area (Å²) in [6.07, 6.45) is 0.412. The van der Waals surface area contributed by atoms with Crippen LogP contribution in [0.1, 0.15) is 42.5 Å². The van der Waals surface area contributed by atoms with Crippen LogP contribution in [0.25, 0.3) is 11.0 Å². The summed E-state index contributed by atoms with van der Waals surface area (Å²) in [5, 5.41) is 10.1. The number of aryl methyl sites for hydroxylation is 3. The van der Waals surface area contributed by atoms with E-state index in [0.717, 1.165) is 23.2 Å². The van der Waals surface area contributed by atoms with Crippen molar-refractivity contribution < 1.29 is 9.84 Å². The first-order valence-corrected chi connectivity index (χ1v) is 8.86. The van der Waals surface area contributed by atoms with E-state index in [4.69, 9.17) is 4.74 Å². The first-order chi connectivity index (χ1) is 12.0. The summed E-state index contributed by atoms with van der Waals surface area (Å²) in [5.74, 6) is 1.55. The Morgan fingerprint density at radius 1 is 1.12 bits per heavy atom. The maximum atomic E-state index is 10.1. The minimum atomic E-state index is -0.614. The highest BCUT2D eigenvalue weighted by molar-refractivity contribution is 5.78. The number of rotatable bonds is 6. The van der Waals surface area contributed by atoms with Crippen molar-refractivity contribution in [1.29, 1.82) is 0 Å². The van der Waals surface area contributed by atoms with E-state index in [1.54, 1.807) is 6.92 Å². The summed E-state index contributed by atoms with van der Waals surface area (Å²) >= 11 is 0. The van der Waals surface area contributed by atoms with Crippen LogP contribution in [-0.2, 0) is 13.0 Å². The van der Waals surface area contributed by atoms with Crippen LogP contribution in [0.15, 0.2) is 36.4 Å². The fourth-order valence-corrected chi connectivity index (χ4v) is 3.03. The molecule has 3 rings (SSSR count). The highest BCUT2D eigenvalue weighted by Crippen LogP contribution is 2.24. The Balaban J connectivity index is 1.81. The minimum absolute atomic E-state index is 0.531. The van der Waals surface area contributed by atoms with Crippen LogP contribution in [0.2, 0.25) is 0 Å². The van der Waals surface area contributed by atoms with Gasteiger partial charge in [0.25, 0.3) is 0 Å². The van der Waals surface area contributed by atoms with Gasteiger partial charge in [-0.2, -0.15) is 0 Å². The first-order valence-electron chi connectivity index (χ1n) is 8.86. The van der Waals surface area contributed by atoms with E-state index in [2.05, 4.69) is 54.6 Å². The van der Waals surface area contributed by atoms with Crippen LogP contribution in [-0.4, -0.2) is 21.3 Å². The van der Waals surface area contributed by atoms with E-state index in [-0.39, 0.29) is 0 Å². The third-order valence-electron chi connectivity index (χ3n) is 4.68. The summed E-state index contributed by atoms with van der Waals surface area (Å²) in [6, 6.07) is 12.4. The molecular formula is C21H26N2O2. The number of hydrogen-bond acceptors (Lipinski definition) is 3. The second-order valence-corrected chi connectivity index (χ2v) is 6.57. The Morgan fingerprint density at radius 3 is 2.44 bits per heavy atom. The number of benzene rings is 2. The maximum absolute atomic E-state index is 10.1. The molecule has 0 fully saturated rings. The number of imidazole rings is 1. The van der Waals surface area contributed by atoms with Crippen molar-refractivity contribution in [3.05, 3.63) is 58.9 Å². The molecule has 0 aliphatic heterocycles. The summed E-state index contributed by atoms with van der Waals surface area (Å²) in [5.41, 5.74) is 5.70. The molecule has 0 saturated heterocycles. The molecule has 1 unspecified atom stereocenters. The summed E-state index contributed by atoms with van der Waals surface area (Å²) in [7, 11) is 0. The second-order valence-electron chi connectivity index (χ2n) is 6.57. The zero-order chi connectivity index (χ0) is 18.0. The van der Waals surface area contributed by atoms with Gasteiger partial charge in [-0.1, -0.05) is 19.1 Å². The van der Waals surface area contributed by atoms with E-state index in [0.29, 0.717) is 19.0 Å². The molecule has 0 aliphatic carbocycles. The molecule has 1 heterocycles. The van der Waals surface area contributed by atoms with E-state index in [1.807, 2.05) is 12.1 Å². The number of fused-ring (bicyclic) bond motifs is 1. The van der Waals surface area contributed by atoms with Gasteiger partial charge in [-0.25, -0.2) is 4.98 Å². The van der Waals surface area contributed by atoms with E-state index in [1.165, 1.54) is 16.7 Å². The molecule has 4 nitrogen and oxygen atoms in total. The van der Waals surface area contributed by atoms with Gasteiger partial charge in [0, 0.05) is 0 Å². The molecule has 1 atom stereocenters. The number of aromatic nitrogens is 2. The normalized spacial score (nSPS) is 12.5. The molecule has 1 N–H and O–H groups in total. The van der Waals surface area contributed by atoms with Gasteiger partial charge in [-0.3, -0.25) is 0 Å². The predicted molar refractivity (Wildman–Crippen MR) is 101 cm³/mol. The van der Waals surface area contributed by atoms with Crippen LogP contribution in [0.5, 0.6) is 5.75 Å². The van der Waals surface area contributed by atoms with Gasteiger partial charge in [0.15, 0.2) is 0 Å². The molecule has 25 heavy (non-hydrogen) atoms. The van der Waals surface area contributed by atoms with E-state index in [9.17, 15) is 5.11 Å². The van der Waals surface area contributed by atoms with Crippen LogP contribution in [0, 0.1) is 13.8 Å². The molecule has 1 aromatic heterocycles. The van der Waals surface area contributed by atoms with Gasteiger partial charge in [0.05, 0.1) is 17.6 Å². The number of nitrogens with zero attached hydrogens (tertiary/aromatic N) is 2. The lowest BCUT2D eigenvalue weighted by molar-refractivity contribution is 0.181. The zero-order valence-corrected chi connectivity index (χ0v) is 15.4. The molecule has 0 amide bonds. The van der Waals surface area contributed by atoms with Crippen LogP contribution in [0.4, 0.5) is 0 Å². The van der Waals surface area contributed by atoms with Crippen molar-refractivity contribution in [2.45, 2.75) is 46.8 Å². The fraction of sp³-hybridized carbons (Fsp3) is 0.381. The Hall–Kier alpha value is -2.33. The Bertz CT molecular complexity index is 864. The lowest BCUT2D eigenvalue weighted by Crippen LogP contribution is -2.13. The largest absolute Gasteiger partial charge is 0.492 e. The third-order valence-corrected chi connectivity index (χ3v) is 4.68. The molecule has 0 bridgehead atoms. The molecular weight excluding hydrogens is 312 g/mol. The Morgan fingerprint density at radius 2 is 1.80 bits per heavy atom. The van der Waals surface area contributed by atoms with Crippen LogP contribution < -0.4 is 4.74 Å². The van der Waals surface area contributed by atoms with Crippen molar-refractivity contribution in [2.75, 3.05) is 6.61 Å². The SMILES string of the molecule is CCc1ccc(OCCn2c(C(C)O)nc3cc(C)c(C)cc32)cc1. The zero-order valence-electron chi connectivity index (χ0n) is 15.4. The van der Waals surface area contributed by atoms with Crippen molar-refractivity contribution in [3.8, 4) is 5.75 Å². The number of hydrogen-bond donors (Lipinski definition) is 1. The van der Waals surface area contributed by atoms with Crippen LogP contribution >= 0.6 is 0 Å². The topological polar surface area (TPSA) is 47.3 Å². The third kappa shape index (κ3) is 3.69. The molecule has 0 spiro atoms. The number of aliphatic hydroxyl groups is 1. The summed E-state index contributed by atoms with van der Waals surface area (Å²) < 4.78 is 7.95. The highest BCUT2D eigenvalue weighted by Gasteiger charge is 2.15. The number of aliphatic hydroxyl groups excluding tert-OH is 1. The average Bonchev–Trinajstić information content (AvgIpc) is 2.94. The summed E-state index contributed by atoms with van der Waals surface area (Å²) in [6.45, 7) is 9.25. The van der Waals surface area contributed by atoms with Gasteiger partial charge in [0.2, 0.25) is 0 Å². The van der Waals surface area contributed by atoms with E-state index < -0.39 is 6.10 Å². The quantitative estimate of drug-likeness (QED) is 0.727. The maximum Gasteiger partial charge on any atom is 0.138 e. The van der Waals surface area contributed by atoms with Gasteiger partial charge >= 0.3 is 0 Å². The average molecular weight is 338 g/mol. The molecule has 132 valence electrons. The molecule has 0 aliphatic rings. The molecule has 2 aromatic carbocycles. The Kier molecular flexibility index (Phi) is 5.09. The van der Waals surface area contributed by atoms with Crippen molar-refractivity contribution in [3.63, 3.8) is 0 Å². The standard InChI is InChI=1S/C21H26N2O2/c1-5-17-6-8-18(9-7-17)25-11-10-23-20-13-15(3)14(2)12-19(20)22-21(23)16(4)24/h6-9,12-13,16,24H,5,10-11H2,1-4H3. The lowest BCUT2D eigenvalue weighted by atomic mass is 10.1. The van der Waals surface area contributed by atoms with Gasteiger partial charge in [-0.05, 0) is 68.1 Å². The molecule has 0 saturated carbocycles. The summed E-state index contributed by atoms with van der Waals surface area (Å²) in [4.78, 5) is 4.62. The van der Waals surface area contributed by atoms with Crippen molar-refractivity contribution in [1.82, 2.24) is 9.55 Å². The second kappa shape index (κ2) is 7.28. The first kappa shape index (κ1) is 17.5. The van der Waals surface area contributed by atoms with Crippen molar-refractivity contribution in [2.24, 2.45) is 0 Å². The smallest absolute Gasteiger partial charge is 0.138 e. The minimum Gasteiger partial charge on any atom is -0.492 e. The van der Waals surface area contributed by atoms with E-state index >= 15 is 0 Å². The lowest BCUT2D eigenvalue weighted by Gasteiger charge is -2.13. The molecule has 0 radical (unpaired) electrons. The molecule has 3 aromatic rings. The fourth-order valence-electron chi connectivity index (χ4n) is 3.03. The van der Waals surface area contributed by atoms with Gasteiger partial charge < -0.3 is 14.4 Å². The van der Waals surface area contributed by atoms with Crippen molar-refractivity contribution >= 4 is 11.0 Å². The van der Waals surface area contributed by atoms with Gasteiger partial charge in [-0.15, -0.1) is 0 Å². The van der Waals surface area contributed by atoms with Crippen LogP contribution in [0.3, 0.4) is 0 Å².